The first kappa shape index (κ1) is 16.7. The lowest BCUT2D eigenvalue weighted by Gasteiger charge is -2.25. The Morgan fingerprint density at radius 3 is 2.17 bits per heavy atom. The van der Waals surface area contributed by atoms with Crippen molar-refractivity contribution in [1.82, 2.24) is 5.32 Å². The molecule has 5 heteroatoms. The van der Waals surface area contributed by atoms with Crippen molar-refractivity contribution in [3.63, 3.8) is 0 Å². The Morgan fingerprint density at radius 2 is 1.78 bits per heavy atom. The normalized spacial score (nSPS) is 14.6. The minimum absolute atomic E-state index is 0.00318. The summed E-state index contributed by atoms with van der Waals surface area (Å²) in [7, 11) is 0. The summed E-state index contributed by atoms with van der Waals surface area (Å²) in [5.41, 5.74) is -0.585. The molecule has 0 bridgehead atoms. The van der Waals surface area contributed by atoms with Crippen LogP contribution < -0.4 is 5.32 Å². The monoisotopic (exact) mass is 259 g/mol. The fraction of sp³-hybridized carbons (Fsp3) is 0.846. The molecule has 18 heavy (non-hydrogen) atoms. The van der Waals surface area contributed by atoms with Crippen LogP contribution in [0, 0.1) is 5.92 Å². The Bertz CT molecular complexity index is 283. The third-order valence-corrected chi connectivity index (χ3v) is 2.43. The molecule has 0 fully saturated rings. The smallest absolute Gasteiger partial charge is 0.408 e. The fourth-order valence-electron chi connectivity index (χ4n) is 1.34. The van der Waals surface area contributed by atoms with Gasteiger partial charge in [0.15, 0.2) is 0 Å². The maximum Gasteiger partial charge on any atom is 0.408 e. The van der Waals surface area contributed by atoms with Gasteiger partial charge in [-0.05, 0) is 33.6 Å². The van der Waals surface area contributed by atoms with E-state index in [4.69, 9.17) is 9.47 Å². The van der Waals surface area contributed by atoms with Crippen molar-refractivity contribution in [2.45, 2.75) is 59.6 Å². The van der Waals surface area contributed by atoms with Crippen molar-refractivity contribution >= 4 is 12.1 Å². The number of ether oxygens (including phenoxy) is 2. The van der Waals surface area contributed by atoms with Crippen LogP contribution in [0.2, 0.25) is 0 Å². The van der Waals surface area contributed by atoms with Crippen LogP contribution in [0.3, 0.4) is 0 Å². The molecular weight excluding hydrogens is 234 g/mol. The number of rotatable bonds is 5. The SMILES string of the molecule is CCOC(=O)[C@H](NC(=O)OC(C)(C)C)[C@@H](C)CC. The van der Waals surface area contributed by atoms with Gasteiger partial charge in [0.25, 0.3) is 0 Å². The first-order valence-corrected chi connectivity index (χ1v) is 6.37. The van der Waals surface area contributed by atoms with Gasteiger partial charge in [0.1, 0.15) is 11.6 Å². The Kier molecular flexibility index (Phi) is 6.73. The van der Waals surface area contributed by atoms with E-state index in [-0.39, 0.29) is 5.92 Å². The molecule has 0 aromatic carbocycles. The fourth-order valence-corrected chi connectivity index (χ4v) is 1.34. The molecule has 0 saturated carbocycles. The lowest BCUT2D eigenvalue weighted by molar-refractivity contribution is -0.147. The zero-order chi connectivity index (χ0) is 14.3. The summed E-state index contributed by atoms with van der Waals surface area (Å²) < 4.78 is 10.1. The second-order valence-electron chi connectivity index (χ2n) is 5.26. The predicted molar refractivity (Wildman–Crippen MR) is 69.2 cm³/mol. The summed E-state index contributed by atoms with van der Waals surface area (Å²) in [6.45, 7) is 11.2. The molecule has 1 N–H and O–H groups in total. The lowest BCUT2D eigenvalue weighted by atomic mass is 9.99. The maximum absolute atomic E-state index is 11.8. The number of nitrogens with one attached hydrogen (secondary N) is 1. The molecule has 1 amide bonds. The molecule has 0 saturated heterocycles. The average molecular weight is 259 g/mol. The molecule has 0 rings (SSSR count). The largest absolute Gasteiger partial charge is 0.464 e. The van der Waals surface area contributed by atoms with Gasteiger partial charge in [0.2, 0.25) is 0 Å². The van der Waals surface area contributed by atoms with Crippen LogP contribution in [0.4, 0.5) is 4.79 Å². The van der Waals surface area contributed by atoms with Crippen LogP contribution in [0.5, 0.6) is 0 Å². The van der Waals surface area contributed by atoms with E-state index in [1.807, 2.05) is 13.8 Å². The third-order valence-electron chi connectivity index (χ3n) is 2.43. The van der Waals surface area contributed by atoms with Crippen molar-refractivity contribution in [2.75, 3.05) is 6.61 Å². The Hall–Kier alpha value is -1.26. The molecule has 0 aliphatic rings. The second kappa shape index (κ2) is 7.24. The lowest BCUT2D eigenvalue weighted by Crippen LogP contribution is -2.47. The summed E-state index contributed by atoms with van der Waals surface area (Å²) >= 11 is 0. The summed E-state index contributed by atoms with van der Waals surface area (Å²) in [4.78, 5) is 23.4. The van der Waals surface area contributed by atoms with Crippen molar-refractivity contribution in [2.24, 2.45) is 5.92 Å². The van der Waals surface area contributed by atoms with Crippen molar-refractivity contribution in [3.8, 4) is 0 Å². The van der Waals surface area contributed by atoms with Crippen molar-refractivity contribution in [1.29, 1.82) is 0 Å². The third kappa shape index (κ3) is 6.47. The van der Waals surface area contributed by atoms with E-state index in [0.29, 0.717) is 6.61 Å². The molecule has 0 unspecified atom stereocenters. The van der Waals surface area contributed by atoms with Gasteiger partial charge >= 0.3 is 12.1 Å². The first-order valence-electron chi connectivity index (χ1n) is 6.37. The van der Waals surface area contributed by atoms with Crippen LogP contribution in [0.1, 0.15) is 48.0 Å². The van der Waals surface area contributed by atoms with Crippen LogP contribution in [0.15, 0.2) is 0 Å². The van der Waals surface area contributed by atoms with Gasteiger partial charge in [0, 0.05) is 0 Å². The van der Waals surface area contributed by atoms with Gasteiger partial charge < -0.3 is 14.8 Å². The van der Waals surface area contributed by atoms with Crippen molar-refractivity contribution < 1.29 is 19.1 Å². The molecule has 0 radical (unpaired) electrons. The van der Waals surface area contributed by atoms with E-state index in [1.54, 1.807) is 27.7 Å². The van der Waals surface area contributed by atoms with E-state index in [1.165, 1.54) is 0 Å². The molecule has 2 atom stereocenters. The molecule has 106 valence electrons. The molecule has 0 spiro atoms. The van der Waals surface area contributed by atoms with Crippen LogP contribution >= 0.6 is 0 Å². The highest BCUT2D eigenvalue weighted by Gasteiger charge is 2.29. The number of amides is 1. The highest BCUT2D eigenvalue weighted by atomic mass is 16.6. The highest BCUT2D eigenvalue weighted by Crippen LogP contribution is 2.12. The number of carbonyl (C=O) groups excluding carboxylic acids is 2. The Balaban J connectivity index is 4.59. The summed E-state index contributed by atoms with van der Waals surface area (Å²) in [5, 5.41) is 2.57. The molecule has 0 aliphatic heterocycles. The van der Waals surface area contributed by atoms with Crippen LogP contribution in [0.25, 0.3) is 0 Å². The van der Waals surface area contributed by atoms with Gasteiger partial charge in [-0.25, -0.2) is 9.59 Å². The second-order valence-corrected chi connectivity index (χ2v) is 5.26. The van der Waals surface area contributed by atoms with E-state index in [9.17, 15) is 9.59 Å². The summed E-state index contributed by atoms with van der Waals surface area (Å²) in [6, 6.07) is -0.662. The van der Waals surface area contributed by atoms with Crippen LogP contribution in [-0.4, -0.2) is 30.3 Å². The quantitative estimate of drug-likeness (QED) is 0.770. The predicted octanol–water partition coefficient (Wildman–Crippen LogP) is 2.49. The molecular formula is C13H25NO4. The number of hydrogen-bond acceptors (Lipinski definition) is 4. The topological polar surface area (TPSA) is 64.6 Å². The summed E-state index contributed by atoms with van der Waals surface area (Å²) in [6.07, 6.45) is 0.167. The molecule has 0 aliphatic carbocycles. The van der Waals surface area contributed by atoms with Gasteiger partial charge in [-0.2, -0.15) is 0 Å². The molecule has 5 nitrogen and oxygen atoms in total. The average Bonchev–Trinajstić information content (AvgIpc) is 2.22. The zero-order valence-corrected chi connectivity index (χ0v) is 12.2. The first-order chi connectivity index (χ1) is 8.21. The van der Waals surface area contributed by atoms with E-state index in [0.717, 1.165) is 6.42 Å². The van der Waals surface area contributed by atoms with E-state index >= 15 is 0 Å². The number of alkyl carbamates (subject to hydrolysis) is 1. The Morgan fingerprint density at radius 1 is 1.22 bits per heavy atom. The standard InChI is InChI=1S/C13H25NO4/c1-7-9(3)10(11(15)17-8-2)14-12(16)18-13(4,5)6/h9-10H,7-8H2,1-6H3,(H,14,16)/t9-,10+/m0/s1. The zero-order valence-electron chi connectivity index (χ0n) is 12.2. The highest BCUT2D eigenvalue weighted by molar-refractivity contribution is 5.81. The van der Waals surface area contributed by atoms with E-state index in [2.05, 4.69) is 5.32 Å². The molecule has 0 heterocycles. The van der Waals surface area contributed by atoms with Gasteiger partial charge in [-0.15, -0.1) is 0 Å². The Labute approximate surface area is 109 Å². The molecule has 0 aromatic rings. The number of esters is 1. The van der Waals surface area contributed by atoms with Gasteiger partial charge in [0.05, 0.1) is 6.61 Å². The number of hydrogen-bond donors (Lipinski definition) is 1. The van der Waals surface area contributed by atoms with E-state index < -0.39 is 23.7 Å². The molecule has 0 aromatic heterocycles. The number of carbonyl (C=O) groups is 2. The maximum atomic E-state index is 11.8. The van der Waals surface area contributed by atoms with Gasteiger partial charge in [-0.3, -0.25) is 0 Å². The minimum atomic E-state index is -0.662. The van der Waals surface area contributed by atoms with Gasteiger partial charge in [-0.1, -0.05) is 20.3 Å². The summed E-state index contributed by atoms with van der Waals surface area (Å²) in [5.74, 6) is -0.422. The van der Waals surface area contributed by atoms with Crippen LogP contribution in [-0.2, 0) is 14.3 Å². The van der Waals surface area contributed by atoms with Crippen molar-refractivity contribution in [3.05, 3.63) is 0 Å². The minimum Gasteiger partial charge on any atom is -0.464 e.